The van der Waals surface area contributed by atoms with Gasteiger partial charge in [0.05, 0.1) is 14.2 Å². The van der Waals surface area contributed by atoms with Crippen molar-refractivity contribution >= 4 is 0 Å². The molecule has 1 aromatic carbocycles. The molecule has 1 aliphatic rings. The zero-order chi connectivity index (χ0) is 15.5. The molecule has 0 saturated carbocycles. The van der Waals surface area contributed by atoms with Crippen molar-refractivity contribution < 1.29 is 13.9 Å². The summed E-state index contributed by atoms with van der Waals surface area (Å²) in [5.41, 5.74) is 0.233. The maximum absolute atomic E-state index is 14.5. The Hall–Kier alpha value is -1.29. The molecule has 1 N–H and O–H groups in total. The third-order valence-corrected chi connectivity index (χ3v) is 4.16. The Balaban J connectivity index is 2.33. The lowest BCUT2D eigenvalue weighted by Crippen LogP contribution is -2.28. The highest BCUT2D eigenvalue weighted by Crippen LogP contribution is 2.41. The van der Waals surface area contributed by atoms with E-state index in [9.17, 15) is 4.39 Å². The highest BCUT2D eigenvalue weighted by atomic mass is 19.1. The molecule has 1 heterocycles. The molecular formula is C17H26FNO2. The molecule has 0 aliphatic carbocycles. The van der Waals surface area contributed by atoms with Gasteiger partial charge in [-0.25, -0.2) is 4.39 Å². The molecule has 1 aliphatic heterocycles. The zero-order valence-electron chi connectivity index (χ0n) is 13.5. The van der Waals surface area contributed by atoms with Crippen molar-refractivity contribution in [1.82, 2.24) is 5.32 Å². The van der Waals surface area contributed by atoms with Crippen LogP contribution < -0.4 is 14.8 Å². The molecule has 118 valence electrons. The third kappa shape index (κ3) is 3.88. The monoisotopic (exact) mass is 295 g/mol. The van der Waals surface area contributed by atoms with E-state index < -0.39 is 5.67 Å². The minimum atomic E-state index is -1.46. The fourth-order valence-corrected chi connectivity index (χ4v) is 3.00. The molecule has 2 rings (SSSR count). The number of nitrogens with one attached hydrogen (secondary N) is 1. The number of rotatable bonds is 5. The first-order valence-corrected chi connectivity index (χ1v) is 7.60. The van der Waals surface area contributed by atoms with E-state index in [2.05, 4.69) is 5.32 Å². The summed E-state index contributed by atoms with van der Waals surface area (Å²) >= 11 is 0. The van der Waals surface area contributed by atoms with Crippen LogP contribution in [0.5, 0.6) is 11.5 Å². The largest absolute Gasteiger partial charge is 0.493 e. The van der Waals surface area contributed by atoms with Gasteiger partial charge in [0, 0.05) is 5.56 Å². The van der Waals surface area contributed by atoms with Gasteiger partial charge >= 0.3 is 0 Å². The SMILES string of the molecule is COc1cc(CC2CCNCC2)cc(C(C)(C)F)c1OC. The topological polar surface area (TPSA) is 30.5 Å². The summed E-state index contributed by atoms with van der Waals surface area (Å²) in [6, 6.07) is 3.92. The van der Waals surface area contributed by atoms with E-state index in [1.54, 1.807) is 28.1 Å². The number of hydrogen-bond donors (Lipinski definition) is 1. The van der Waals surface area contributed by atoms with Crippen LogP contribution in [0, 0.1) is 5.92 Å². The molecule has 0 unspecified atom stereocenters. The zero-order valence-corrected chi connectivity index (χ0v) is 13.5. The van der Waals surface area contributed by atoms with Gasteiger partial charge in [-0.1, -0.05) is 0 Å². The van der Waals surface area contributed by atoms with Crippen LogP contribution in [-0.2, 0) is 12.1 Å². The van der Waals surface area contributed by atoms with Crippen LogP contribution in [-0.4, -0.2) is 27.3 Å². The van der Waals surface area contributed by atoms with E-state index in [1.165, 1.54) is 12.8 Å². The first-order valence-electron chi connectivity index (χ1n) is 7.60. The fraction of sp³-hybridized carbons (Fsp3) is 0.647. The molecule has 0 spiro atoms. The minimum absolute atomic E-state index is 0.499. The van der Waals surface area contributed by atoms with E-state index in [0.29, 0.717) is 23.0 Å². The molecule has 21 heavy (non-hydrogen) atoms. The van der Waals surface area contributed by atoms with Crippen LogP contribution in [0.25, 0.3) is 0 Å². The number of halogens is 1. The molecule has 0 bridgehead atoms. The smallest absolute Gasteiger partial charge is 0.167 e. The predicted molar refractivity (Wildman–Crippen MR) is 83.0 cm³/mol. The van der Waals surface area contributed by atoms with Gasteiger partial charge in [0.2, 0.25) is 0 Å². The number of methoxy groups -OCH3 is 2. The maximum atomic E-state index is 14.5. The summed E-state index contributed by atoms with van der Waals surface area (Å²) in [6.45, 7) is 5.25. The van der Waals surface area contributed by atoms with E-state index >= 15 is 0 Å². The summed E-state index contributed by atoms with van der Waals surface area (Å²) in [6.07, 6.45) is 3.30. The number of benzene rings is 1. The van der Waals surface area contributed by atoms with Crippen LogP contribution in [0.15, 0.2) is 12.1 Å². The van der Waals surface area contributed by atoms with Gasteiger partial charge in [-0.3, -0.25) is 0 Å². The van der Waals surface area contributed by atoms with Crippen molar-refractivity contribution in [2.24, 2.45) is 5.92 Å². The molecule has 1 saturated heterocycles. The Morgan fingerprint density at radius 2 is 1.86 bits per heavy atom. The van der Waals surface area contributed by atoms with Crippen LogP contribution in [0.3, 0.4) is 0 Å². The third-order valence-electron chi connectivity index (χ3n) is 4.16. The van der Waals surface area contributed by atoms with Crippen molar-refractivity contribution in [3.05, 3.63) is 23.3 Å². The quantitative estimate of drug-likeness (QED) is 0.902. The average Bonchev–Trinajstić information content (AvgIpc) is 2.46. The van der Waals surface area contributed by atoms with Crippen molar-refractivity contribution in [2.45, 2.75) is 38.8 Å². The summed E-state index contributed by atoms with van der Waals surface area (Å²) < 4.78 is 25.3. The molecule has 4 heteroatoms. The lowest BCUT2D eigenvalue weighted by molar-refractivity contribution is 0.211. The molecule has 0 radical (unpaired) electrons. The molecule has 0 amide bonds. The van der Waals surface area contributed by atoms with Crippen molar-refractivity contribution in [1.29, 1.82) is 0 Å². The Bertz CT molecular complexity index is 476. The van der Waals surface area contributed by atoms with Gasteiger partial charge in [-0.2, -0.15) is 0 Å². The van der Waals surface area contributed by atoms with Crippen molar-refractivity contribution in [3.63, 3.8) is 0 Å². The Morgan fingerprint density at radius 1 is 1.19 bits per heavy atom. The predicted octanol–water partition coefficient (Wildman–Crippen LogP) is 3.45. The second-order valence-corrected chi connectivity index (χ2v) is 6.25. The van der Waals surface area contributed by atoms with Gasteiger partial charge in [-0.05, 0) is 69.8 Å². The second kappa shape index (κ2) is 6.65. The summed E-state index contributed by atoms with van der Waals surface area (Å²) in [7, 11) is 3.15. The van der Waals surface area contributed by atoms with E-state index in [4.69, 9.17) is 9.47 Å². The van der Waals surface area contributed by atoms with E-state index in [0.717, 1.165) is 25.1 Å². The summed E-state index contributed by atoms with van der Waals surface area (Å²) in [5.74, 6) is 1.77. The lowest BCUT2D eigenvalue weighted by atomic mass is 9.88. The maximum Gasteiger partial charge on any atom is 0.167 e. The van der Waals surface area contributed by atoms with Crippen LogP contribution >= 0.6 is 0 Å². The Kier molecular flexibility index (Phi) is 5.09. The van der Waals surface area contributed by atoms with Crippen LogP contribution in [0.4, 0.5) is 4.39 Å². The Labute approximate surface area is 126 Å². The highest BCUT2D eigenvalue weighted by molar-refractivity contribution is 5.51. The first-order chi connectivity index (χ1) is 9.95. The van der Waals surface area contributed by atoms with Gasteiger partial charge in [0.1, 0.15) is 5.67 Å². The Morgan fingerprint density at radius 3 is 2.38 bits per heavy atom. The van der Waals surface area contributed by atoms with Crippen molar-refractivity contribution in [3.8, 4) is 11.5 Å². The van der Waals surface area contributed by atoms with Gasteiger partial charge in [-0.15, -0.1) is 0 Å². The second-order valence-electron chi connectivity index (χ2n) is 6.25. The number of piperidine rings is 1. The minimum Gasteiger partial charge on any atom is -0.493 e. The van der Waals surface area contributed by atoms with Crippen LogP contribution in [0.2, 0.25) is 0 Å². The lowest BCUT2D eigenvalue weighted by Gasteiger charge is -2.25. The van der Waals surface area contributed by atoms with Crippen molar-refractivity contribution in [2.75, 3.05) is 27.3 Å². The summed E-state index contributed by atoms with van der Waals surface area (Å²) in [4.78, 5) is 0. The fourth-order valence-electron chi connectivity index (χ4n) is 3.00. The standard InChI is InChI=1S/C17H26FNO2/c1-17(2,18)14-10-13(9-12-5-7-19-8-6-12)11-15(20-3)16(14)21-4/h10-12,19H,5-9H2,1-4H3. The average molecular weight is 295 g/mol. The van der Waals surface area contributed by atoms with Gasteiger partial charge in [0.15, 0.2) is 11.5 Å². The van der Waals surface area contributed by atoms with E-state index in [1.807, 2.05) is 12.1 Å². The molecule has 0 aromatic heterocycles. The van der Waals surface area contributed by atoms with E-state index in [-0.39, 0.29) is 0 Å². The molecule has 0 atom stereocenters. The first kappa shape index (κ1) is 16.1. The normalized spacial score (nSPS) is 16.8. The molecular weight excluding hydrogens is 269 g/mol. The summed E-state index contributed by atoms with van der Waals surface area (Å²) in [5, 5.41) is 3.37. The molecule has 1 aromatic rings. The molecule has 3 nitrogen and oxygen atoms in total. The number of hydrogen-bond acceptors (Lipinski definition) is 3. The van der Waals surface area contributed by atoms with Gasteiger partial charge in [0.25, 0.3) is 0 Å². The number of alkyl halides is 1. The van der Waals surface area contributed by atoms with Gasteiger partial charge < -0.3 is 14.8 Å². The molecule has 1 fully saturated rings. The van der Waals surface area contributed by atoms with Crippen LogP contribution in [0.1, 0.15) is 37.8 Å². The highest BCUT2D eigenvalue weighted by Gasteiger charge is 2.27. The number of ether oxygens (including phenoxy) is 2.